The first-order chi connectivity index (χ1) is 8.60. The van der Waals surface area contributed by atoms with E-state index in [1.807, 2.05) is 18.2 Å². The maximum absolute atomic E-state index is 11.5. The highest BCUT2D eigenvalue weighted by molar-refractivity contribution is 5.97. The van der Waals surface area contributed by atoms with Gasteiger partial charge in [0, 0.05) is 13.5 Å². The van der Waals surface area contributed by atoms with E-state index in [0.717, 1.165) is 5.56 Å². The quantitative estimate of drug-likeness (QED) is 0.841. The van der Waals surface area contributed by atoms with Crippen LogP contribution < -0.4 is 15.4 Å². The number of hydrogen-bond donors (Lipinski definition) is 2. The molecule has 1 atom stereocenters. The van der Waals surface area contributed by atoms with Crippen LogP contribution >= 0.6 is 0 Å². The number of rotatable bonds is 3. The van der Waals surface area contributed by atoms with Gasteiger partial charge in [-0.2, -0.15) is 0 Å². The van der Waals surface area contributed by atoms with Crippen molar-refractivity contribution in [1.82, 2.24) is 5.32 Å². The summed E-state index contributed by atoms with van der Waals surface area (Å²) in [6.07, 6.45) is 0.605. The van der Waals surface area contributed by atoms with Gasteiger partial charge in [-0.3, -0.25) is 9.59 Å². The van der Waals surface area contributed by atoms with E-state index >= 15 is 0 Å². The Morgan fingerprint density at radius 1 is 1.50 bits per heavy atom. The van der Waals surface area contributed by atoms with Gasteiger partial charge >= 0.3 is 0 Å². The molecular formula is C13H16N2O3. The normalized spacial score (nSPS) is 17.4. The Labute approximate surface area is 106 Å². The number of carbonyl (C=O) groups is 2. The lowest BCUT2D eigenvalue weighted by atomic mass is 10.1. The van der Waals surface area contributed by atoms with Gasteiger partial charge in [-0.05, 0) is 31.0 Å². The Kier molecular flexibility index (Phi) is 3.50. The first-order valence-electron chi connectivity index (χ1n) is 5.91. The fraction of sp³-hybridized carbons (Fsp3) is 0.385. The van der Waals surface area contributed by atoms with E-state index in [-0.39, 0.29) is 11.8 Å². The third-order valence-corrected chi connectivity index (χ3v) is 2.89. The van der Waals surface area contributed by atoms with Crippen LogP contribution in [0.5, 0.6) is 5.75 Å². The van der Waals surface area contributed by atoms with E-state index in [1.165, 1.54) is 0 Å². The molecule has 5 heteroatoms. The molecule has 0 saturated carbocycles. The van der Waals surface area contributed by atoms with Crippen molar-refractivity contribution in [3.05, 3.63) is 23.8 Å². The van der Waals surface area contributed by atoms with E-state index < -0.39 is 6.10 Å². The Balaban J connectivity index is 2.10. The second-order valence-corrected chi connectivity index (χ2v) is 4.25. The topological polar surface area (TPSA) is 67.4 Å². The third kappa shape index (κ3) is 2.61. The van der Waals surface area contributed by atoms with Crippen molar-refractivity contribution in [3.8, 4) is 5.75 Å². The summed E-state index contributed by atoms with van der Waals surface area (Å²) in [6.45, 7) is 1.71. The average Bonchev–Trinajstić information content (AvgIpc) is 2.37. The summed E-state index contributed by atoms with van der Waals surface area (Å²) < 4.78 is 5.45. The fourth-order valence-corrected chi connectivity index (χ4v) is 1.79. The predicted molar refractivity (Wildman–Crippen MR) is 67.5 cm³/mol. The maximum Gasteiger partial charge on any atom is 0.265 e. The molecule has 1 heterocycles. The van der Waals surface area contributed by atoms with Crippen molar-refractivity contribution < 1.29 is 14.3 Å². The second kappa shape index (κ2) is 5.08. The molecule has 0 bridgehead atoms. The number of aryl methyl sites for hydroxylation is 1. The summed E-state index contributed by atoms with van der Waals surface area (Å²) in [7, 11) is 1.62. The maximum atomic E-state index is 11.5. The number of amides is 2. The molecule has 1 unspecified atom stereocenters. The highest BCUT2D eigenvalue weighted by atomic mass is 16.5. The lowest BCUT2D eigenvalue weighted by molar-refractivity contribution is -0.123. The monoisotopic (exact) mass is 248 g/mol. The van der Waals surface area contributed by atoms with Crippen LogP contribution in [0.15, 0.2) is 18.2 Å². The highest BCUT2D eigenvalue weighted by Crippen LogP contribution is 2.30. The Bertz CT molecular complexity index is 485. The zero-order chi connectivity index (χ0) is 13.1. The van der Waals surface area contributed by atoms with Crippen molar-refractivity contribution in [1.29, 1.82) is 0 Å². The van der Waals surface area contributed by atoms with Gasteiger partial charge in [-0.15, -0.1) is 0 Å². The Morgan fingerprint density at radius 3 is 3.00 bits per heavy atom. The molecule has 2 N–H and O–H groups in total. The number of anilines is 1. The lowest BCUT2D eigenvalue weighted by Gasteiger charge is -2.23. The third-order valence-electron chi connectivity index (χ3n) is 2.89. The van der Waals surface area contributed by atoms with E-state index in [4.69, 9.17) is 4.74 Å². The zero-order valence-electron chi connectivity index (χ0n) is 10.4. The number of hydrogen-bond acceptors (Lipinski definition) is 3. The molecule has 96 valence electrons. The van der Waals surface area contributed by atoms with Crippen molar-refractivity contribution in [2.24, 2.45) is 0 Å². The van der Waals surface area contributed by atoms with E-state index in [0.29, 0.717) is 24.3 Å². The van der Waals surface area contributed by atoms with Crippen LogP contribution in [-0.2, 0) is 16.0 Å². The Morgan fingerprint density at radius 2 is 2.28 bits per heavy atom. The molecular weight excluding hydrogens is 232 g/mol. The summed E-state index contributed by atoms with van der Waals surface area (Å²) in [5, 5.41) is 5.36. The SMILES string of the molecule is CNC(=O)CCc1ccc2c(c1)NC(=O)C(C)O2. The molecule has 0 fully saturated rings. The van der Waals surface area contributed by atoms with Crippen LogP contribution in [0.25, 0.3) is 0 Å². The Hall–Kier alpha value is -2.04. The van der Waals surface area contributed by atoms with Crippen molar-refractivity contribution in [2.75, 3.05) is 12.4 Å². The van der Waals surface area contributed by atoms with Gasteiger partial charge < -0.3 is 15.4 Å². The van der Waals surface area contributed by atoms with Gasteiger partial charge in [0.25, 0.3) is 5.91 Å². The zero-order valence-corrected chi connectivity index (χ0v) is 10.4. The summed E-state index contributed by atoms with van der Waals surface area (Å²) in [4.78, 5) is 22.6. The smallest absolute Gasteiger partial charge is 0.265 e. The summed E-state index contributed by atoms with van der Waals surface area (Å²) >= 11 is 0. The van der Waals surface area contributed by atoms with Gasteiger partial charge in [0.15, 0.2) is 6.10 Å². The number of ether oxygens (including phenoxy) is 1. The molecule has 18 heavy (non-hydrogen) atoms. The lowest BCUT2D eigenvalue weighted by Crippen LogP contribution is -2.34. The standard InChI is InChI=1S/C13H16N2O3/c1-8-13(17)15-10-7-9(3-5-11(10)18-8)4-6-12(16)14-2/h3,5,7-8H,4,6H2,1-2H3,(H,14,16)(H,15,17). The molecule has 1 aromatic rings. The molecule has 0 radical (unpaired) electrons. The minimum absolute atomic E-state index is 0.00151. The van der Waals surface area contributed by atoms with Crippen LogP contribution in [0.4, 0.5) is 5.69 Å². The van der Waals surface area contributed by atoms with Crippen LogP contribution in [-0.4, -0.2) is 25.0 Å². The van der Waals surface area contributed by atoms with Gasteiger partial charge in [0.05, 0.1) is 5.69 Å². The molecule has 1 aromatic carbocycles. The van der Waals surface area contributed by atoms with Crippen molar-refractivity contribution in [3.63, 3.8) is 0 Å². The molecule has 0 aromatic heterocycles. The van der Waals surface area contributed by atoms with Gasteiger partial charge in [0.2, 0.25) is 5.91 Å². The van der Waals surface area contributed by atoms with Gasteiger partial charge in [-0.1, -0.05) is 6.07 Å². The number of carbonyl (C=O) groups excluding carboxylic acids is 2. The molecule has 5 nitrogen and oxygen atoms in total. The summed E-state index contributed by atoms with van der Waals surface area (Å²) in [5.41, 5.74) is 1.67. The number of benzene rings is 1. The van der Waals surface area contributed by atoms with E-state index in [2.05, 4.69) is 10.6 Å². The van der Waals surface area contributed by atoms with E-state index in [1.54, 1.807) is 14.0 Å². The minimum Gasteiger partial charge on any atom is -0.479 e. The van der Waals surface area contributed by atoms with Crippen LogP contribution in [0.2, 0.25) is 0 Å². The molecule has 2 amide bonds. The van der Waals surface area contributed by atoms with Crippen LogP contribution in [0.3, 0.4) is 0 Å². The molecule has 0 aliphatic carbocycles. The van der Waals surface area contributed by atoms with Crippen LogP contribution in [0, 0.1) is 0 Å². The summed E-state index contributed by atoms with van der Waals surface area (Å²) in [6, 6.07) is 5.58. The van der Waals surface area contributed by atoms with Gasteiger partial charge in [0.1, 0.15) is 5.75 Å². The molecule has 2 rings (SSSR count). The first-order valence-corrected chi connectivity index (χ1v) is 5.91. The number of nitrogens with one attached hydrogen (secondary N) is 2. The first kappa shape index (κ1) is 12.4. The second-order valence-electron chi connectivity index (χ2n) is 4.25. The van der Waals surface area contributed by atoms with Crippen molar-refractivity contribution in [2.45, 2.75) is 25.9 Å². The molecule has 0 spiro atoms. The number of fused-ring (bicyclic) bond motifs is 1. The highest BCUT2D eigenvalue weighted by Gasteiger charge is 2.23. The van der Waals surface area contributed by atoms with Crippen molar-refractivity contribution >= 4 is 17.5 Å². The summed E-state index contributed by atoms with van der Waals surface area (Å²) in [5.74, 6) is 0.526. The molecule has 1 aliphatic heterocycles. The largest absolute Gasteiger partial charge is 0.479 e. The average molecular weight is 248 g/mol. The van der Waals surface area contributed by atoms with Crippen LogP contribution in [0.1, 0.15) is 18.9 Å². The molecule has 1 aliphatic rings. The van der Waals surface area contributed by atoms with Gasteiger partial charge in [-0.25, -0.2) is 0 Å². The predicted octanol–water partition coefficient (Wildman–Crippen LogP) is 1.08. The minimum atomic E-state index is -0.464. The van der Waals surface area contributed by atoms with E-state index in [9.17, 15) is 9.59 Å². The molecule has 0 saturated heterocycles. The fourth-order valence-electron chi connectivity index (χ4n) is 1.79.